The number of para-hydroxylation sites is 2. The van der Waals surface area contributed by atoms with Gasteiger partial charge in [-0.1, -0.05) is 88.4 Å². The highest BCUT2D eigenvalue weighted by molar-refractivity contribution is 7.80. The summed E-state index contributed by atoms with van der Waals surface area (Å²) in [5.41, 5.74) is 9.30. The molecule has 7 rings (SSSR count). The van der Waals surface area contributed by atoms with E-state index in [1.807, 2.05) is 33.8 Å². The Kier molecular flexibility index (Phi) is 9.66. The predicted molar refractivity (Wildman–Crippen MR) is 179 cm³/mol. The van der Waals surface area contributed by atoms with Crippen LogP contribution in [-0.2, 0) is 12.8 Å². The van der Waals surface area contributed by atoms with Crippen LogP contribution in [-0.4, -0.2) is 15.0 Å². The number of thiocarbonyl (C=S) groups is 1. The molecule has 4 aromatic carbocycles. The fraction of sp³-hybridized carbons (Fsp3) is 0.229. The Bertz CT molecular complexity index is 1690. The lowest BCUT2D eigenvalue weighted by Gasteiger charge is -2.16. The van der Waals surface area contributed by atoms with Gasteiger partial charge in [0, 0.05) is 38.1 Å². The third-order valence-electron chi connectivity index (χ3n) is 7.17. The van der Waals surface area contributed by atoms with E-state index < -0.39 is 0 Å². The van der Waals surface area contributed by atoms with Crippen molar-refractivity contribution in [3.8, 4) is 11.4 Å². The van der Waals surface area contributed by atoms with Crippen molar-refractivity contribution in [3.63, 3.8) is 0 Å². The molecule has 0 N–H and O–H groups in total. The van der Waals surface area contributed by atoms with E-state index in [-0.39, 0.29) is 0 Å². The Morgan fingerprint density at radius 3 is 2.05 bits per heavy atom. The molecule has 2 aromatic heterocycles. The Morgan fingerprint density at radius 2 is 1.31 bits per heavy atom. The van der Waals surface area contributed by atoms with Crippen molar-refractivity contribution in [2.24, 2.45) is 0 Å². The first-order valence-electron chi connectivity index (χ1n) is 14.0. The molecule has 39 heavy (non-hydrogen) atoms. The van der Waals surface area contributed by atoms with Gasteiger partial charge in [0.15, 0.2) is 0 Å². The maximum absolute atomic E-state index is 4.66. The van der Waals surface area contributed by atoms with E-state index >= 15 is 0 Å². The van der Waals surface area contributed by atoms with Crippen LogP contribution in [0, 0.1) is 0 Å². The van der Waals surface area contributed by atoms with Crippen LogP contribution in [0.1, 0.15) is 51.8 Å². The molecule has 0 unspecified atom stereocenters. The maximum Gasteiger partial charge on any atom is 0.0637 e. The molecule has 0 saturated heterocycles. The first kappa shape index (κ1) is 28.7. The van der Waals surface area contributed by atoms with Crippen LogP contribution in [0.15, 0.2) is 95.9 Å². The lowest BCUT2D eigenvalue weighted by Crippen LogP contribution is -2.06. The second kappa shape index (κ2) is 13.1. The number of fused-ring (bicyclic) bond motifs is 7. The van der Waals surface area contributed by atoms with Crippen molar-refractivity contribution < 1.29 is 0 Å². The number of rotatable bonds is 2. The van der Waals surface area contributed by atoms with Gasteiger partial charge in [0.05, 0.1) is 16.6 Å². The Hall–Kier alpha value is -3.34. The number of aryl methyl sites for hydroxylation is 1. The topological polar surface area (TPSA) is 9.86 Å². The molecule has 0 amide bonds. The minimum atomic E-state index is 0.981. The lowest BCUT2D eigenvalue weighted by molar-refractivity contribution is 0.667. The van der Waals surface area contributed by atoms with Crippen LogP contribution < -0.4 is 0 Å². The first-order chi connectivity index (χ1) is 19.3. The molecule has 0 spiro atoms. The van der Waals surface area contributed by atoms with Gasteiger partial charge < -0.3 is 9.13 Å². The molecule has 6 aromatic rings. The van der Waals surface area contributed by atoms with Crippen LogP contribution >= 0.6 is 24.8 Å². The van der Waals surface area contributed by atoms with E-state index in [1.54, 1.807) is 0 Å². The molecule has 0 fully saturated rings. The maximum atomic E-state index is 4.66. The molecular weight excluding hydrogens is 513 g/mol. The van der Waals surface area contributed by atoms with Crippen LogP contribution in [0.2, 0.25) is 0 Å². The summed E-state index contributed by atoms with van der Waals surface area (Å²) in [4.78, 5) is 0.981. The highest BCUT2D eigenvalue weighted by Gasteiger charge is 2.25. The summed E-state index contributed by atoms with van der Waals surface area (Å²) in [5.74, 6) is 2.83. The van der Waals surface area contributed by atoms with Gasteiger partial charge in [-0.2, -0.15) is 0 Å². The summed E-state index contributed by atoms with van der Waals surface area (Å²) in [6.07, 6.45) is 4.78. The standard InChI is InChI=1S/C30H24N2S.2C2H6.CH2S/c33-22-12-8-11-21(19-22)32-26-15-6-4-13-23(26)24-17-18-28-29(30(24)32)25-14-5-7-16-27(25)31(28)20-9-2-1-3-10-20;3*1-2/h1-4,6,8-13,15,17-19,33H,5,7,14,16H2;2*1-2H3;1H2. The van der Waals surface area contributed by atoms with Crippen molar-refractivity contribution >= 4 is 63.4 Å². The zero-order chi connectivity index (χ0) is 27.9. The van der Waals surface area contributed by atoms with Crippen molar-refractivity contribution in [1.82, 2.24) is 9.13 Å². The molecule has 200 valence electrons. The molecule has 1 aliphatic rings. The average molecular weight is 551 g/mol. The monoisotopic (exact) mass is 550 g/mol. The van der Waals surface area contributed by atoms with Crippen molar-refractivity contribution in [2.75, 3.05) is 0 Å². The van der Waals surface area contributed by atoms with E-state index in [2.05, 4.69) is 125 Å². The molecular formula is C35H38N2S2. The second-order valence-electron chi connectivity index (χ2n) is 9.03. The second-order valence-corrected chi connectivity index (χ2v) is 9.55. The van der Waals surface area contributed by atoms with Gasteiger partial charge in [-0.3, -0.25) is 0 Å². The zero-order valence-corrected chi connectivity index (χ0v) is 25.2. The van der Waals surface area contributed by atoms with E-state index in [0.29, 0.717) is 0 Å². The van der Waals surface area contributed by atoms with Crippen molar-refractivity contribution in [3.05, 3.63) is 102 Å². The first-order valence-corrected chi connectivity index (χ1v) is 15.1. The van der Waals surface area contributed by atoms with Crippen molar-refractivity contribution in [2.45, 2.75) is 58.3 Å². The fourth-order valence-electron chi connectivity index (χ4n) is 5.85. The van der Waals surface area contributed by atoms with Gasteiger partial charge in [0.1, 0.15) is 0 Å². The Labute approximate surface area is 243 Å². The average Bonchev–Trinajstić information content (AvgIpc) is 3.54. The molecule has 0 saturated carbocycles. The van der Waals surface area contributed by atoms with Gasteiger partial charge in [-0.25, -0.2) is 0 Å². The molecule has 1 aliphatic carbocycles. The molecule has 2 heterocycles. The summed E-state index contributed by atoms with van der Waals surface area (Å²) in [5, 5.41) is 4.03. The molecule has 0 atom stereocenters. The van der Waals surface area contributed by atoms with Crippen LogP contribution in [0.25, 0.3) is 44.1 Å². The molecule has 0 bridgehead atoms. The quantitative estimate of drug-likeness (QED) is 0.167. The number of aromatic nitrogens is 2. The molecule has 2 nitrogen and oxygen atoms in total. The van der Waals surface area contributed by atoms with E-state index in [4.69, 9.17) is 0 Å². The van der Waals surface area contributed by atoms with Crippen LogP contribution in [0.4, 0.5) is 0 Å². The molecule has 0 radical (unpaired) electrons. The summed E-state index contributed by atoms with van der Waals surface area (Å²) >= 11 is 8.49. The van der Waals surface area contributed by atoms with E-state index in [9.17, 15) is 0 Å². The van der Waals surface area contributed by atoms with Gasteiger partial charge in [-0.05, 0) is 79.6 Å². The highest BCUT2D eigenvalue weighted by atomic mass is 32.1. The summed E-state index contributed by atoms with van der Waals surface area (Å²) in [6.45, 7) is 8.00. The van der Waals surface area contributed by atoms with E-state index in [0.717, 1.165) is 17.7 Å². The zero-order valence-electron chi connectivity index (χ0n) is 23.4. The van der Waals surface area contributed by atoms with Gasteiger partial charge in [-0.15, -0.1) is 12.6 Å². The van der Waals surface area contributed by atoms with Crippen LogP contribution in [0.5, 0.6) is 0 Å². The third kappa shape index (κ3) is 5.04. The number of hydrogen-bond acceptors (Lipinski definition) is 2. The summed E-state index contributed by atoms with van der Waals surface area (Å²) < 4.78 is 4.97. The SMILES string of the molecule is C=S.CC.CC.Sc1cccc(-n2c3ccccc3c3ccc4c(c5c(n4-c4ccccc4)CCCC5)c32)c1. The smallest absolute Gasteiger partial charge is 0.0637 e. The van der Waals surface area contributed by atoms with Gasteiger partial charge in [0.25, 0.3) is 0 Å². The fourth-order valence-corrected chi connectivity index (χ4v) is 6.07. The molecule has 0 aliphatic heterocycles. The normalized spacial score (nSPS) is 12.0. The predicted octanol–water partition coefficient (Wildman–Crippen LogP) is 10.6. The number of benzene rings is 4. The highest BCUT2D eigenvalue weighted by Crippen LogP contribution is 2.42. The van der Waals surface area contributed by atoms with Gasteiger partial charge >= 0.3 is 0 Å². The van der Waals surface area contributed by atoms with Gasteiger partial charge in [0.2, 0.25) is 0 Å². The number of thiol groups is 1. The minimum absolute atomic E-state index is 0.981. The molecule has 4 heteroatoms. The third-order valence-corrected chi connectivity index (χ3v) is 7.45. The Balaban J connectivity index is 0.000000553. The van der Waals surface area contributed by atoms with Crippen LogP contribution in [0.3, 0.4) is 0 Å². The largest absolute Gasteiger partial charge is 0.313 e. The number of nitrogens with zero attached hydrogens (tertiary/aromatic N) is 2. The summed E-state index contributed by atoms with van der Waals surface area (Å²) in [6, 6.07) is 32.8. The number of hydrogen-bond donors (Lipinski definition) is 1. The minimum Gasteiger partial charge on any atom is -0.313 e. The van der Waals surface area contributed by atoms with E-state index in [1.165, 1.54) is 68.2 Å². The Morgan fingerprint density at radius 1 is 0.641 bits per heavy atom. The van der Waals surface area contributed by atoms with Crippen molar-refractivity contribution in [1.29, 1.82) is 0 Å². The summed E-state index contributed by atoms with van der Waals surface area (Å²) in [7, 11) is 0. The lowest BCUT2D eigenvalue weighted by atomic mass is 9.94.